The molecule has 0 atom stereocenters. The average Bonchev–Trinajstić information content (AvgIpc) is 2.62. The van der Waals surface area contributed by atoms with Crippen LogP contribution in [0.2, 0.25) is 0 Å². The number of aromatic nitrogens is 2. The first-order valence-electron chi connectivity index (χ1n) is 5.04. The second-order valence-electron chi connectivity index (χ2n) is 3.28. The van der Waals surface area contributed by atoms with Crippen molar-refractivity contribution in [2.24, 2.45) is 0 Å². The van der Waals surface area contributed by atoms with E-state index >= 15 is 0 Å². The van der Waals surface area contributed by atoms with E-state index in [2.05, 4.69) is 0 Å². The van der Waals surface area contributed by atoms with Crippen LogP contribution in [-0.4, -0.2) is 54.2 Å². The molecule has 0 aromatic carbocycles. The van der Waals surface area contributed by atoms with Crippen molar-refractivity contribution in [1.82, 2.24) is 14.5 Å². The van der Waals surface area contributed by atoms with Gasteiger partial charge in [-0.2, -0.15) is 0 Å². The lowest BCUT2D eigenvalue weighted by Crippen LogP contribution is -2.42. The molecule has 0 aliphatic rings. The minimum atomic E-state index is -1.02. The number of urea groups is 1. The molecule has 1 heterocycles. The van der Waals surface area contributed by atoms with E-state index in [1.165, 1.54) is 0 Å². The standard InChI is InChI=1S/C8H14N4O7/c13-1-9-7(18)10(2-14)5-6(17)12(4-16)8(19)11(5)3-15/h13-17H,1-4H2,(H,9,18). The maximum absolute atomic E-state index is 11.6. The molecule has 0 aliphatic carbocycles. The summed E-state index contributed by atoms with van der Waals surface area (Å²) in [5.41, 5.74) is -0.979. The molecular formula is C8H14N4O7. The predicted octanol–water partition coefficient (Wildman–Crippen LogP) is -3.33. The quantitative estimate of drug-likeness (QED) is 0.307. The summed E-state index contributed by atoms with van der Waals surface area (Å²) in [6.45, 7) is -3.45. The van der Waals surface area contributed by atoms with Crippen LogP contribution >= 0.6 is 0 Å². The normalized spacial score (nSPS) is 10.5. The van der Waals surface area contributed by atoms with E-state index in [-0.39, 0.29) is 0 Å². The van der Waals surface area contributed by atoms with Crippen molar-refractivity contribution in [3.8, 4) is 5.88 Å². The zero-order valence-electron chi connectivity index (χ0n) is 9.72. The van der Waals surface area contributed by atoms with Crippen LogP contribution in [0.1, 0.15) is 0 Å². The second-order valence-corrected chi connectivity index (χ2v) is 3.28. The van der Waals surface area contributed by atoms with E-state index in [9.17, 15) is 14.7 Å². The Labute approximate surface area is 106 Å². The fourth-order valence-corrected chi connectivity index (χ4v) is 1.48. The molecule has 2 amide bonds. The summed E-state index contributed by atoms with van der Waals surface area (Å²) >= 11 is 0. The lowest BCUT2D eigenvalue weighted by atomic mass is 10.5. The lowest BCUT2D eigenvalue weighted by Gasteiger charge is -2.20. The first-order valence-corrected chi connectivity index (χ1v) is 5.04. The van der Waals surface area contributed by atoms with E-state index in [0.29, 0.717) is 14.0 Å². The molecule has 1 aromatic rings. The third-order valence-corrected chi connectivity index (χ3v) is 2.33. The third kappa shape index (κ3) is 2.53. The summed E-state index contributed by atoms with van der Waals surface area (Å²) in [5, 5.41) is 47.3. The number of hydrogen-bond acceptors (Lipinski definition) is 7. The summed E-state index contributed by atoms with van der Waals surface area (Å²) in [4.78, 5) is 23.6. The number of aliphatic hydroxyl groups is 4. The van der Waals surface area contributed by atoms with Crippen LogP contribution in [0.15, 0.2) is 4.79 Å². The van der Waals surface area contributed by atoms with Crippen molar-refractivity contribution in [2.45, 2.75) is 13.5 Å². The van der Waals surface area contributed by atoms with E-state index in [1.807, 2.05) is 5.32 Å². The number of amides is 2. The Kier molecular flexibility index (Phi) is 4.88. The number of aromatic hydroxyl groups is 1. The van der Waals surface area contributed by atoms with Crippen molar-refractivity contribution < 1.29 is 30.3 Å². The fourth-order valence-electron chi connectivity index (χ4n) is 1.48. The molecule has 0 bridgehead atoms. The minimum Gasteiger partial charge on any atom is -0.492 e. The van der Waals surface area contributed by atoms with Gasteiger partial charge in [-0.1, -0.05) is 0 Å². The van der Waals surface area contributed by atoms with Gasteiger partial charge in [0.2, 0.25) is 5.88 Å². The average molecular weight is 278 g/mol. The van der Waals surface area contributed by atoms with Gasteiger partial charge in [-0.25, -0.2) is 14.2 Å². The smallest absolute Gasteiger partial charge is 0.336 e. The number of nitrogens with zero attached hydrogens (tertiary/aromatic N) is 3. The number of rotatable bonds is 5. The van der Waals surface area contributed by atoms with Gasteiger partial charge in [0, 0.05) is 0 Å². The van der Waals surface area contributed by atoms with Crippen LogP contribution in [0.4, 0.5) is 10.6 Å². The molecule has 11 nitrogen and oxygen atoms in total. The Bertz CT molecular complexity index is 508. The van der Waals surface area contributed by atoms with Gasteiger partial charge in [-0.3, -0.25) is 9.47 Å². The van der Waals surface area contributed by atoms with Gasteiger partial charge < -0.3 is 30.8 Å². The van der Waals surface area contributed by atoms with Crippen LogP contribution in [-0.2, 0) is 13.5 Å². The van der Waals surface area contributed by atoms with Crippen molar-refractivity contribution in [3.05, 3.63) is 10.5 Å². The maximum Gasteiger partial charge on any atom is 0.336 e. The highest BCUT2D eigenvalue weighted by molar-refractivity contribution is 5.91. The van der Waals surface area contributed by atoms with Gasteiger partial charge in [0.25, 0.3) is 0 Å². The number of anilines is 1. The number of carbonyl (C=O) groups is 1. The minimum absolute atomic E-state index is 0.473. The molecule has 0 aliphatic heterocycles. The van der Waals surface area contributed by atoms with Crippen LogP contribution in [0.5, 0.6) is 5.88 Å². The zero-order chi connectivity index (χ0) is 14.6. The Balaban J connectivity index is 3.38. The number of aliphatic hydroxyl groups excluding tert-OH is 4. The summed E-state index contributed by atoms with van der Waals surface area (Å²) < 4.78 is 1.03. The molecule has 1 aromatic heterocycles. The molecule has 0 saturated carbocycles. The van der Waals surface area contributed by atoms with Gasteiger partial charge in [-0.05, 0) is 0 Å². The van der Waals surface area contributed by atoms with Gasteiger partial charge in [0.15, 0.2) is 5.82 Å². The Morgan fingerprint density at radius 1 is 1.16 bits per heavy atom. The largest absolute Gasteiger partial charge is 0.492 e. The monoisotopic (exact) mass is 278 g/mol. The van der Waals surface area contributed by atoms with E-state index < -0.39 is 50.3 Å². The van der Waals surface area contributed by atoms with Gasteiger partial charge in [0.05, 0.1) is 0 Å². The van der Waals surface area contributed by atoms with Crippen molar-refractivity contribution in [2.75, 3.05) is 18.4 Å². The van der Waals surface area contributed by atoms with Crippen molar-refractivity contribution in [1.29, 1.82) is 0 Å². The third-order valence-electron chi connectivity index (χ3n) is 2.33. The summed E-state index contributed by atoms with van der Waals surface area (Å²) in [6.07, 6.45) is 0. The second kappa shape index (κ2) is 6.19. The van der Waals surface area contributed by atoms with Crippen LogP contribution < -0.4 is 15.9 Å². The highest BCUT2D eigenvalue weighted by Crippen LogP contribution is 2.25. The molecule has 1 rings (SSSR count). The van der Waals surface area contributed by atoms with Crippen LogP contribution in [0.25, 0.3) is 0 Å². The molecule has 11 heteroatoms. The fraction of sp³-hybridized carbons (Fsp3) is 0.500. The van der Waals surface area contributed by atoms with Crippen molar-refractivity contribution >= 4 is 11.8 Å². The van der Waals surface area contributed by atoms with E-state index in [1.54, 1.807) is 0 Å². The Morgan fingerprint density at radius 2 is 1.74 bits per heavy atom. The SMILES string of the molecule is O=C(NCO)N(CO)c1c(O)n(CO)c(=O)n1CO. The molecular weight excluding hydrogens is 264 g/mol. The Morgan fingerprint density at radius 3 is 2.16 bits per heavy atom. The number of carbonyl (C=O) groups excluding carboxylic acids is 1. The van der Waals surface area contributed by atoms with Crippen molar-refractivity contribution in [3.63, 3.8) is 0 Å². The summed E-state index contributed by atoms with van der Waals surface area (Å²) in [7, 11) is 0. The molecule has 0 saturated heterocycles. The highest BCUT2D eigenvalue weighted by atomic mass is 16.3. The predicted molar refractivity (Wildman–Crippen MR) is 60.0 cm³/mol. The first kappa shape index (κ1) is 15.0. The topological polar surface area (TPSA) is 160 Å². The molecule has 6 N–H and O–H groups in total. The number of imidazole rings is 1. The molecule has 19 heavy (non-hydrogen) atoms. The molecule has 0 fully saturated rings. The maximum atomic E-state index is 11.6. The first-order chi connectivity index (χ1) is 9.03. The zero-order valence-corrected chi connectivity index (χ0v) is 9.72. The van der Waals surface area contributed by atoms with Crippen LogP contribution in [0, 0.1) is 0 Å². The molecule has 0 spiro atoms. The molecule has 108 valence electrons. The number of nitrogens with one attached hydrogen (secondary N) is 1. The van der Waals surface area contributed by atoms with Gasteiger partial charge in [0.1, 0.15) is 26.9 Å². The Hall–Kier alpha value is -2.08. The van der Waals surface area contributed by atoms with Gasteiger partial charge >= 0.3 is 11.7 Å². The van der Waals surface area contributed by atoms with E-state index in [4.69, 9.17) is 20.4 Å². The molecule has 0 unspecified atom stereocenters. The molecule has 0 radical (unpaired) electrons. The van der Waals surface area contributed by atoms with Gasteiger partial charge in [-0.15, -0.1) is 0 Å². The van der Waals surface area contributed by atoms with Crippen LogP contribution in [0.3, 0.4) is 0 Å². The lowest BCUT2D eigenvalue weighted by molar-refractivity contribution is 0.182. The summed E-state index contributed by atoms with van der Waals surface area (Å²) in [6, 6.07) is -1.02. The number of hydrogen-bond donors (Lipinski definition) is 6. The summed E-state index contributed by atoms with van der Waals surface area (Å²) in [5.74, 6) is -1.33. The highest BCUT2D eigenvalue weighted by Gasteiger charge is 2.27. The van der Waals surface area contributed by atoms with E-state index in [0.717, 1.165) is 0 Å².